The summed E-state index contributed by atoms with van der Waals surface area (Å²) in [4.78, 5) is 6.77. The number of aromatic nitrogens is 1. The van der Waals surface area contributed by atoms with Gasteiger partial charge in [0.15, 0.2) is 0 Å². The van der Waals surface area contributed by atoms with Crippen LogP contribution in [0.5, 0.6) is 0 Å². The predicted molar refractivity (Wildman–Crippen MR) is 100 cm³/mol. The van der Waals surface area contributed by atoms with E-state index in [1.54, 1.807) is 0 Å². The Morgan fingerprint density at radius 1 is 1.12 bits per heavy atom. The molecule has 0 N–H and O–H groups in total. The molecule has 0 saturated heterocycles. The Labute approximate surface area is 147 Å². The van der Waals surface area contributed by atoms with E-state index in [1.165, 1.54) is 0 Å². The predicted octanol–water partition coefficient (Wildman–Crippen LogP) is 5.27. The second-order valence-corrected chi connectivity index (χ2v) is 6.47. The SMILES string of the molecule is CC(C)N(C)c1nc2ccc(Cl)cc2c(-c2ccccc2)c1C#N. The topological polar surface area (TPSA) is 39.9 Å². The van der Waals surface area contributed by atoms with Gasteiger partial charge in [-0.1, -0.05) is 41.9 Å². The third kappa shape index (κ3) is 2.81. The molecular formula is C20H18ClN3. The summed E-state index contributed by atoms with van der Waals surface area (Å²) < 4.78 is 0. The van der Waals surface area contributed by atoms with E-state index in [1.807, 2.05) is 60.5 Å². The van der Waals surface area contributed by atoms with Gasteiger partial charge >= 0.3 is 0 Å². The lowest BCUT2D eigenvalue weighted by Crippen LogP contribution is -2.27. The van der Waals surface area contributed by atoms with Crippen molar-refractivity contribution in [3.8, 4) is 17.2 Å². The normalized spacial score (nSPS) is 10.8. The summed E-state index contributed by atoms with van der Waals surface area (Å²) in [7, 11) is 1.96. The molecule has 0 atom stereocenters. The highest BCUT2D eigenvalue weighted by Crippen LogP contribution is 2.37. The van der Waals surface area contributed by atoms with Gasteiger partial charge in [0.05, 0.1) is 5.52 Å². The number of hydrogen-bond donors (Lipinski definition) is 0. The maximum absolute atomic E-state index is 9.87. The largest absolute Gasteiger partial charge is 0.356 e. The van der Waals surface area contributed by atoms with Crippen molar-refractivity contribution in [1.82, 2.24) is 4.98 Å². The highest BCUT2D eigenvalue weighted by Gasteiger charge is 2.20. The van der Waals surface area contributed by atoms with Gasteiger partial charge in [0.25, 0.3) is 0 Å². The Kier molecular flexibility index (Phi) is 4.42. The number of benzene rings is 2. The zero-order valence-corrected chi connectivity index (χ0v) is 14.7. The monoisotopic (exact) mass is 335 g/mol. The number of rotatable bonds is 3. The van der Waals surface area contributed by atoms with Gasteiger partial charge < -0.3 is 4.90 Å². The molecule has 3 aromatic rings. The molecule has 3 nitrogen and oxygen atoms in total. The Morgan fingerprint density at radius 3 is 2.46 bits per heavy atom. The molecule has 120 valence electrons. The molecule has 0 fully saturated rings. The summed E-state index contributed by atoms with van der Waals surface area (Å²) in [6.07, 6.45) is 0. The lowest BCUT2D eigenvalue weighted by Gasteiger charge is -2.25. The van der Waals surface area contributed by atoms with Crippen LogP contribution in [-0.2, 0) is 0 Å². The van der Waals surface area contributed by atoms with Crippen molar-refractivity contribution >= 4 is 28.3 Å². The highest BCUT2D eigenvalue weighted by atomic mass is 35.5. The first-order chi connectivity index (χ1) is 11.5. The highest BCUT2D eigenvalue weighted by molar-refractivity contribution is 6.31. The molecule has 0 saturated carbocycles. The number of pyridine rings is 1. The van der Waals surface area contributed by atoms with Gasteiger partial charge in [0.1, 0.15) is 17.5 Å². The average Bonchev–Trinajstić information content (AvgIpc) is 2.60. The van der Waals surface area contributed by atoms with E-state index in [2.05, 4.69) is 19.9 Å². The fourth-order valence-corrected chi connectivity index (χ4v) is 2.90. The zero-order chi connectivity index (χ0) is 17.3. The van der Waals surface area contributed by atoms with Crippen LogP contribution in [0.3, 0.4) is 0 Å². The molecule has 0 unspecified atom stereocenters. The van der Waals surface area contributed by atoms with Crippen LogP contribution in [0.4, 0.5) is 5.82 Å². The number of anilines is 1. The maximum atomic E-state index is 9.87. The Hall–Kier alpha value is -2.57. The van der Waals surface area contributed by atoms with E-state index in [-0.39, 0.29) is 6.04 Å². The minimum Gasteiger partial charge on any atom is -0.356 e. The van der Waals surface area contributed by atoms with E-state index in [0.717, 1.165) is 22.0 Å². The fourth-order valence-electron chi connectivity index (χ4n) is 2.73. The van der Waals surface area contributed by atoms with E-state index in [9.17, 15) is 5.26 Å². The molecule has 1 heterocycles. The Morgan fingerprint density at radius 2 is 1.83 bits per heavy atom. The summed E-state index contributed by atoms with van der Waals surface area (Å²) >= 11 is 6.21. The van der Waals surface area contributed by atoms with Crippen LogP contribution in [0.1, 0.15) is 19.4 Å². The van der Waals surface area contributed by atoms with Gasteiger partial charge in [-0.15, -0.1) is 0 Å². The third-order valence-corrected chi connectivity index (χ3v) is 4.45. The fraction of sp³-hybridized carbons (Fsp3) is 0.200. The number of nitriles is 1. The van der Waals surface area contributed by atoms with Crippen LogP contribution in [0.15, 0.2) is 48.5 Å². The van der Waals surface area contributed by atoms with Crippen LogP contribution in [0.25, 0.3) is 22.0 Å². The number of fused-ring (bicyclic) bond motifs is 1. The minimum atomic E-state index is 0.234. The van der Waals surface area contributed by atoms with Crippen LogP contribution < -0.4 is 4.90 Å². The van der Waals surface area contributed by atoms with Gasteiger partial charge in [-0.05, 0) is 37.6 Å². The van der Waals surface area contributed by atoms with Crippen molar-refractivity contribution in [3.05, 3.63) is 59.1 Å². The van der Waals surface area contributed by atoms with Gasteiger partial charge in [-0.3, -0.25) is 0 Å². The molecule has 0 aliphatic carbocycles. The standard InChI is InChI=1S/C20H18ClN3/c1-13(2)24(3)20-17(12-22)19(14-7-5-4-6-8-14)16-11-15(21)9-10-18(16)23-20/h4-11,13H,1-3H3. The van der Waals surface area contributed by atoms with Gasteiger partial charge in [0.2, 0.25) is 0 Å². The number of halogens is 1. The maximum Gasteiger partial charge on any atom is 0.147 e. The Balaban J connectivity index is 2.45. The van der Waals surface area contributed by atoms with E-state index >= 15 is 0 Å². The van der Waals surface area contributed by atoms with Crippen LogP contribution in [0.2, 0.25) is 5.02 Å². The molecular weight excluding hydrogens is 318 g/mol. The second-order valence-electron chi connectivity index (χ2n) is 6.03. The van der Waals surface area contributed by atoms with E-state index in [4.69, 9.17) is 16.6 Å². The molecule has 0 aliphatic heterocycles. The quantitative estimate of drug-likeness (QED) is 0.654. The number of hydrogen-bond acceptors (Lipinski definition) is 3. The number of nitrogens with zero attached hydrogens (tertiary/aromatic N) is 3. The second kappa shape index (κ2) is 6.51. The van der Waals surface area contributed by atoms with Crippen LogP contribution in [0, 0.1) is 11.3 Å². The van der Waals surface area contributed by atoms with Crippen molar-refractivity contribution in [2.45, 2.75) is 19.9 Å². The summed E-state index contributed by atoms with van der Waals surface area (Å²) in [6, 6.07) is 18.1. The van der Waals surface area contributed by atoms with Crippen molar-refractivity contribution < 1.29 is 0 Å². The smallest absolute Gasteiger partial charge is 0.147 e. The molecule has 3 rings (SSSR count). The third-order valence-electron chi connectivity index (χ3n) is 4.21. The molecule has 0 amide bonds. The van der Waals surface area contributed by atoms with Gasteiger partial charge in [-0.2, -0.15) is 5.26 Å². The van der Waals surface area contributed by atoms with Crippen LogP contribution >= 0.6 is 11.6 Å². The first-order valence-electron chi connectivity index (χ1n) is 7.84. The lowest BCUT2D eigenvalue weighted by molar-refractivity contribution is 0.744. The first-order valence-corrected chi connectivity index (χ1v) is 8.22. The molecule has 0 radical (unpaired) electrons. The molecule has 4 heteroatoms. The first kappa shape index (κ1) is 16.3. The van der Waals surface area contributed by atoms with Crippen molar-refractivity contribution in [1.29, 1.82) is 5.26 Å². The summed E-state index contributed by atoms with van der Waals surface area (Å²) in [5.41, 5.74) is 3.28. The van der Waals surface area contributed by atoms with Crippen LogP contribution in [-0.4, -0.2) is 18.1 Å². The molecule has 0 aliphatic rings. The van der Waals surface area contributed by atoms with E-state index < -0.39 is 0 Å². The molecule has 1 aromatic heterocycles. The average molecular weight is 336 g/mol. The summed E-state index contributed by atoms with van der Waals surface area (Å²) in [5, 5.41) is 11.4. The molecule has 0 spiro atoms. The zero-order valence-electron chi connectivity index (χ0n) is 13.9. The van der Waals surface area contributed by atoms with Gasteiger partial charge in [-0.25, -0.2) is 4.98 Å². The molecule has 0 bridgehead atoms. The van der Waals surface area contributed by atoms with Gasteiger partial charge in [0, 0.05) is 29.1 Å². The van der Waals surface area contributed by atoms with Crippen molar-refractivity contribution in [2.24, 2.45) is 0 Å². The lowest BCUT2D eigenvalue weighted by atomic mass is 9.96. The Bertz CT molecular complexity index is 927. The van der Waals surface area contributed by atoms with Crippen molar-refractivity contribution in [2.75, 3.05) is 11.9 Å². The summed E-state index contributed by atoms with van der Waals surface area (Å²) in [5.74, 6) is 0.696. The van der Waals surface area contributed by atoms with Crippen molar-refractivity contribution in [3.63, 3.8) is 0 Å². The van der Waals surface area contributed by atoms with E-state index in [0.29, 0.717) is 16.4 Å². The molecule has 24 heavy (non-hydrogen) atoms. The summed E-state index contributed by atoms with van der Waals surface area (Å²) in [6.45, 7) is 4.16. The molecule has 2 aromatic carbocycles. The minimum absolute atomic E-state index is 0.234.